The molecule has 2 aromatic heterocycles. The fraction of sp³-hybridized carbons (Fsp3) is 0.297. The van der Waals surface area contributed by atoms with Crippen molar-refractivity contribution in [2.24, 2.45) is 11.5 Å². The number of unbranched alkanes of at least 4 members (excludes halogenated alkanes) is 1. The molecule has 5 rings (SSSR count). The number of H-pyrrole nitrogens is 2. The van der Waals surface area contributed by atoms with E-state index in [1.165, 1.54) is 0 Å². The number of aromatic nitrogens is 2. The zero-order valence-corrected chi connectivity index (χ0v) is 27.2. The smallest absolute Gasteiger partial charge is 0.326 e. The van der Waals surface area contributed by atoms with E-state index in [-0.39, 0.29) is 25.7 Å². The minimum absolute atomic E-state index is 0.0684. The van der Waals surface area contributed by atoms with E-state index in [2.05, 4.69) is 25.9 Å². The van der Waals surface area contributed by atoms with Crippen molar-refractivity contribution < 1.29 is 24.3 Å². The Morgan fingerprint density at radius 3 is 1.78 bits per heavy atom. The van der Waals surface area contributed by atoms with E-state index in [0.29, 0.717) is 19.4 Å². The molecule has 0 radical (unpaired) electrons. The summed E-state index contributed by atoms with van der Waals surface area (Å²) in [6.45, 7) is 0.390. The van der Waals surface area contributed by atoms with Gasteiger partial charge in [-0.3, -0.25) is 14.4 Å². The Morgan fingerprint density at radius 1 is 0.633 bits per heavy atom. The number of aliphatic carboxylic acids is 1. The summed E-state index contributed by atoms with van der Waals surface area (Å²) in [4.78, 5) is 59.6. The van der Waals surface area contributed by atoms with Crippen LogP contribution in [0.2, 0.25) is 0 Å². The number of benzene rings is 3. The normalized spacial score (nSPS) is 13.8. The van der Waals surface area contributed by atoms with Crippen molar-refractivity contribution in [2.75, 3.05) is 6.54 Å². The second-order valence-electron chi connectivity index (χ2n) is 12.2. The highest BCUT2D eigenvalue weighted by Gasteiger charge is 2.31. The van der Waals surface area contributed by atoms with Gasteiger partial charge < -0.3 is 42.5 Å². The first-order valence-corrected chi connectivity index (χ1v) is 16.5. The van der Waals surface area contributed by atoms with Gasteiger partial charge in [-0.15, -0.1) is 0 Å². The molecule has 0 aliphatic rings. The molecule has 0 spiro atoms. The summed E-state index contributed by atoms with van der Waals surface area (Å²) in [6, 6.07) is 19.9. The van der Waals surface area contributed by atoms with E-state index in [1.54, 1.807) is 30.5 Å². The van der Waals surface area contributed by atoms with Crippen molar-refractivity contribution in [2.45, 2.75) is 62.7 Å². The third-order valence-electron chi connectivity index (χ3n) is 8.66. The first kappa shape index (κ1) is 34.9. The Bertz CT molecular complexity index is 1890. The zero-order chi connectivity index (χ0) is 34.8. The summed E-state index contributed by atoms with van der Waals surface area (Å²) in [5.74, 6) is -2.95. The summed E-state index contributed by atoms with van der Waals surface area (Å²) in [7, 11) is 0. The van der Waals surface area contributed by atoms with Gasteiger partial charge in [0.1, 0.15) is 18.1 Å². The number of hydrogen-bond donors (Lipinski definition) is 8. The number of carboxylic acid groups (broad SMARTS) is 1. The van der Waals surface area contributed by atoms with Gasteiger partial charge in [-0.05, 0) is 61.1 Å². The van der Waals surface area contributed by atoms with E-state index in [1.807, 2.05) is 60.8 Å². The second-order valence-corrected chi connectivity index (χ2v) is 12.2. The number of aromatic amines is 2. The molecule has 3 amide bonds. The average molecular weight is 666 g/mol. The molecule has 12 heteroatoms. The molecule has 0 fully saturated rings. The molecular formula is C37H43N7O5. The minimum Gasteiger partial charge on any atom is -0.480 e. The number of nitrogens with one attached hydrogen (secondary N) is 5. The van der Waals surface area contributed by atoms with Crippen LogP contribution in [-0.2, 0) is 38.4 Å². The van der Waals surface area contributed by atoms with E-state index in [0.717, 1.165) is 38.5 Å². The molecular weight excluding hydrogens is 622 g/mol. The van der Waals surface area contributed by atoms with Crippen molar-refractivity contribution in [3.63, 3.8) is 0 Å². The molecule has 4 unspecified atom stereocenters. The molecule has 4 atom stereocenters. The lowest BCUT2D eigenvalue weighted by molar-refractivity contribution is -0.142. The monoisotopic (exact) mass is 665 g/mol. The summed E-state index contributed by atoms with van der Waals surface area (Å²) in [5.41, 5.74) is 16.3. The molecule has 0 aliphatic heterocycles. The van der Waals surface area contributed by atoms with Gasteiger partial charge in [0.05, 0.1) is 6.04 Å². The maximum absolute atomic E-state index is 14.0. The number of carboxylic acids is 1. The predicted octanol–water partition coefficient (Wildman–Crippen LogP) is 2.67. The lowest BCUT2D eigenvalue weighted by Gasteiger charge is -2.25. The van der Waals surface area contributed by atoms with Gasteiger partial charge in [-0.2, -0.15) is 0 Å². The molecule has 12 nitrogen and oxygen atoms in total. The third kappa shape index (κ3) is 9.12. The SMILES string of the molecule is NCCCCC(NC(=O)C(Cc1c[nH]c2ccccc12)NC(=O)C(N)Cc1c[nH]c2ccccc12)C(=O)NC(Cc1ccccc1)C(=O)O. The third-order valence-corrected chi connectivity index (χ3v) is 8.66. The number of nitrogens with two attached hydrogens (primary N) is 2. The Balaban J connectivity index is 1.35. The van der Waals surface area contributed by atoms with Crippen LogP contribution in [0.4, 0.5) is 0 Å². The van der Waals surface area contributed by atoms with E-state index >= 15 is 0 Å². The van der Waals surface area contributed by atoms with Crippen LogP contribution in [0.5, 0.6) is 0 Å². The number of hydrogen-bond acceptors (Lipinski definition) is 6. The number of fused-ring (bicyclic) bond motifs is 2. The molecule has 2 heterocycles. The standard InChI is InChI=1S/C37H43N7O5/c38-17-9-8-16-31(35(46)44-33(37(48)49)18-23-10-2-1-3-11-23)42-36(47)32(20-25-22-41-30-15-7-5-13-27(25)30)43-34(45)28(39)19-24-21-40-29-14-6-4-12-26(24)29/h1-7,10-15,21-22,28,31-33,40-41H,8-9,16-20,38-39H2,(H,42,47)(H,43,45)(H,44,46)(H,48,49). The van der Waals surface area contributed by atoms with Gasteiger partial charge in [0.15, 0.2) is 0 Å². The van der Waals surface area contributed by atoms with E-state index in [4.69, 9.17) is 11.5 Å². The molecule has 10 N–H and O–H groups in total. The Hall–Kier alpha value is -5.46. The summed E-state index contributed by atoms with van der Waals surface area (Å²) in [6.07, 6.45) is 5.36. The fourth-order valence-corrected chi connectivity index (χ4v) is 5.99. The number of carbonyl (C=O) groups is 4. The van der Waals surface area contributed by atoms with Crippen LogP contribution in [-0.4, -0.2) is 69.5 Å². The van der Waals surface area contributed by atoms with Crippen LogP contribution in [0, 0.1) is 0 Å². The first-order valence-electron chi connectivity index (χ1n) is 16.5. The molecule has 5 aromatic rings. The first-order chi connectivity index (χ1) is 23.7. The van der Waals surface area contributed by atoms with E-state index < -0.39 is 47.9 Å². The number of rotatable bonds is 17. The lowest BCUT2D eigenvalue weighted by atomic mass is 10.0. The zero-order valence-electron chi connectivity index (χ0n) is 27.2. The molecule has 0 aliphatic carbocycles. The number of carbonyl (C=O) groups excluding carboxylic acids is 3. The highest BCUT2D eigenvalue weighted by Crippen LogP contribution is 2.21. The van der Waals surface area contributed by atoms with Crippen LogP contribution >= 0.6 is 0 Å². The molecule has 49 heavy (non-hydrogen) atoms. The predicted molar refractivity (Wildman–Crippen MR) is 188 cm³/mol. The van der Waals surface area contributed by atoms with Crippen LogP contribution in [0.25, 0.3) is 21.8 Å². The molecule has 0 bridgehead atoms. The van der Waals surface area contributed by atoms with Gasteiger partial charge in [-0.1, -0.05) is 66.7 Å². The lowest BCUT2D eigenvalue weighted by Crippen LogP contribution is -2.58. The van der Waals surface area contributed by atoms with Crippen molar-refractivity contribution in [1.82, 2.24) is 25.9 Å². The molecule has 3 aromatic carbocycles. The van der Waals surface area contributed by atoms with E-state index in [9.17, 15) is 24.3 Å². The Labute approximate surface area is 284 Å². The van der Waals surface area contributed by atoms with Crippen molar-refractivity contribution in [1.29, 1.82) is 0 Å². The van der Waals surface area contributed by atoms with Crippen LogP contribution < -0.4 is 27.4 Å². The topological polar surface area (TPSA) is 208 Å². The number of para-hydroxylation sites is 2. The average Bonchev–Trinajstić information content (AvgIpc) is 3.71. The van der Waals surface area contributed by atoms with Crippen LogP contribution in [0.15, 0.2) is 91.3 Å². The van der Waals surface area contributed by atoms with Gasteiger partial charge in [0, 0.05) is 47.0 Å². The highest BCUT2D eigenvalue weighted by molar-refractivity contribution is 5.95. The molecule has 0 saturated carbocycles. The molecule has 0 saturated heterocycles. The Kier molecular flexibility index (Phi) is 11.8. The van der Waals surface area contributed by atoms with Crippen LogP contribution in [0.3, 0.4) is 0 Å². The van der Waals surface area contributed by atoms with Crippen molar-refractivity contribution >= 4 is 45.5 Å². The van der Waals surface area contributed by atoms with Gasteiger partial charge in [0.25, 0.3) is 0 Å². The summed E-state index contributed by atoms with van der Waals surface area (Å²) < 4.78 is 0. The number of amides is 3. The maximum Gasteiger partial charge on any atom is 0.326 e. The Morgan fingerprint density at radius 2 is 1.16 bits per heavy atom. The maximum atomic E-state index is 14.0. The summed E-state index contributed by atoms with van der Waals surface area (Å²) in [5, 5.41) is 20.0. The summed E-state index contributed by atoms with van der Waals surface area (Å²) >= 11 is 0. The van der Waals surface area contributed by atoms with Crippen molar-refractivity contribution in [3.05, 3.63) is 108 Å². The molecule has 256 valence electrons. The highest BCUT2D eigenvalue weighted by atomic mass is 16.4. The van der Waals surface area contributed by atoms with Gasteiger partial charge >= 0.3 is 5.97 Å². The van der Waals surface area contributed by atoms with Gasteiger partial charge in [0.2, 0.25) is 17.7 Å². The minimum atomic E-state index is -1.21. The largest absolute Gasteiger partial charge is 0.480 e. The van der Waals surface area contributed by atoms with Gasteiger partial charge in [-0.25, -0.2) is 4.79 Å². The quantitative estimate of drug-likeness (QED) is 0.0696. The second kappa shape index (κ2) is 16.6. The van der Waals surface area contributed by atoms with Crippen LogP contribution in [0.1, 0.15) is 36.0 Å². The van der Waals surface area contributed by atoms with Crippen molar-refractivity contribution in [3.8, 4) is 0 Å². The fourth-order valence-electron chi connectivity index (χ4n) is 5.99.